The first kappa shape index (κ1) is 38.1. The quantitative estimate of drug-likeness (QED) is 0.156. The molecule has 2 fully saturated rings. The minimum absolute atomic E-state index is 0.107. The lowest BCUT2D eigenvalue weighted by molar-refractivity contribution is -0.136. The molecule has 4 heterocycles. The Labute approximate surface area is 315 Å². The molecule has 2 saturated heterocycles. The Hall–Kier alpha value is -5.66. The van der Waals surface area contributed by atoms with Gasteiger partial charge in [-0.15, -0.1) is 0 Å². The van der Waals surface area contributed by atoms with Crippen LogP contribution in [0, 0.1) is 11.8 Å². The summed E-state index contributed by atoms with van der Waals surface area (Å²) < 4.78 is 15.7. The van der Waals surface area contributed by atoms with Crippen molar-refractivity contribution in [1.29, 1.82) is 0 Å². The Morgan fingerprint density at radius 1 is 0.704 bits per heavy atom. The molecular formula is C40H49N7O7. The van der Waals surface area contributed by atoms with Crippen LogP contribution in [0.2, 0.25) is 0 Å². The number of carbonyl (C=O) groups excluding carboxylic acids is 4. The molecule has 2 aromatic heterocycles. The first-order valence-corrected chi connectivity index (χ1v) is 18.5. The van der Waals surface area contributed by atoms with Crippen molar-refractivity contribution in [1.82, 2.24) is 35.4 Å². The number of nitrogens with one attached hydrogen (secondary N) is 3. The number of methoxy groups -OCH3 is 2. The molecule has 0 saturated carbocycles. The zero-order chi connectivity index (χ0) is 38.5. The normalized spacial score (nSPS) is 18.1. The average molecular weight is 740 g/mol. The van der Waals surface area contributed by atoms with Gasteiger partial charge in [-0.25, -0.2) is 19.6 Å². The van der Waals surface area contributed by atoms with Gasteiger partial charge < -0.3 is 39.3 Å². The topological polar surface area (TPSA) is 172 Å². The van der Waals surface area contributed by atoms with E-state index in [-0.39, 0.29) is 35.7 Å². The molecule has 0 radical (unpaired) electrons. The van der Waals surface area contributed by atoms with Gasteiger partial charge in [-0.1, -0.05) is 76.2 Å². The maximum absolute atomic E-state index is 13.5. The van der Waals surface area contributed by atoms with Gasteiger partial charge in [-0.05, 0) is 54.2 Å². The number of carbonyl (C=O) groups is 4. The highest BCUT2D eigenvalue weighted by molar-refractivity contribution is 5.87. The number of imidazole rings is 1. The van der Waals surface area contributed by atoms with Crippen molar-refractivity contribution in [3.8, 4) is 33.7 Å². The monoisotopic (exact) mass is 739 g/mol. The van der Waals surface area contributed by atoms with Crippen molar-refractivity contribution < 1.29 is 33.1 Å². The van der Waals surface area contributed by atoms with Gasteiger partial charge >= 0.3 is 12.2 Å². The molecule has 0 aliphatic carbocycles. The second-order valence-electron chi connectivity index (χ2n) is 14.5. The molecule has 14 nitrogen and oxygen atoms in total. The van der Waals surface area contributed by atoms with Crippen LogP contribution < -0.4 is 10.6 Å². The van der Waals surface area contributed by atoms with Crippen molar-refractivity contribution in [2.45, 2.75) is 77.5 Å². The summed E-state index contributed by atoms with van der Waals surface area (Å²) in [6.07, 6.45) is 5.36. The van der Waals surface area contributed by atoms with E-state index >= 15 is 0 Å². The summed E-state index contributed by atoms with van der Waals surface area (Å²) in [6, 6.07) is 14.3. The van der Waals surface area contributed by atoms with Crippen molar-refractivity contribution in [3.05, 3.63) is 72.6 Å². The molecule has 54 heavy (non-hydrogen) atoms. The lowest BCUT2D eigenvalue weighted by Crippen LogP contribution is -2.51. The van der Waals surface area contributed by atoms with Gasteiger partial charge in [0.15, 0.2) is 5.76 Å². The molecule has 2 unspecified atom stereocenters. The number of hydrogen-bond donors (Lipinski definition) is 3. The zero-order valence-corrected chi connectivity index (χ0v) is 31.6. The number of nitrogens with zero attached hydrogens (tertiary/aromatic N) is 4. The van der Waals surface area contributed by atoms with Crippen LogP contribution >= 0.6 is 0 Å². The number of likely N-dealkylation sites (tertiary alicyclic amines) is 2. The summed E-state index contributed by atoms with van der Waals surface area (Å²) in [5, 5.41) is 5.36. The summed E-state index contributed by atoms with van der Waals surface area (Å²) in [6.45, 7) is 8.70. The van der Waals surface area contributed by atoms with Gasteiger partial charge in [0.05, 0.1) is 38.3 Å². The van der Waals surface area contributed by atoms with Crippen LogP contribution in [-0.4, -0.2) is 88.1 Å². The van der Waals surface area contributed by atoms with E-state index in [9.17, 15) is 19.2 Å². The van der Waals surface area contributed by atoms with Crippen molar-refractivity contribution in [2.24, 2.45) is 11.8 Å². The molecule has 2 aliphatic heterocycles. The van der Waals surface area contributed by atoms with Gasteiger partial charge in [-0.2, -0.15) is 0 Å². The summed E-state index contributed by atoms with van der Waals surface area (Å²) in [5.41, 5.74) is 4.74. The minimum Gasteiger partial charge on any atom is -0.453 e. The molecule has 4 aromatic rings. The molecule has 2 aromatic carbocycles. The highest BCUT2D eigenvalue weighted by atomic mass is 16.5. The van der Waals surface area contributed by atoms with Gasteiger partial charge in [0.1, 0.15) is 23.9 Å². The number of H-pyrrole nitrogens is 1. The van der Waals surface area contributed by atoms with E-state index in [4.69, 9.17) is 13.9 Å². The molecule has 4 amide bonds. The Morgan fingerprint density at radius 3 is 1.70 bits per heavy atom. The number of benzene rings is 2. The van der Waals surface area contributed by atoms with E-state index in [0.717, 1.165) is 53.6 Å². The first-order chi connectivity index (χ1) is 26.0. The molecule has 4 atom stereocenters. The first-order valence-electron chi connectivity index (χ1n) is 18.5. The fourth-order valence-electron chi connectivity index (χ4n) is 7.26. The highest BCUT2D eigenvalue weighted by Crippen LogP contribution is 2.36. The number of oxazole rings is 1. The smallest absolute Gasteiger partial charge is 0.407 e. The third-order valence-electron chi connectivity index (χ3n) is 10.3. The molecule has 0 bridgehead atoms. The van der Waals surface area contributed by atoms with Crippen molar-refractivity contribution >= 4 is 24.0 Å². The van der Waals surface area contributed by atoms with Crippen LogP contribution in [0.25, 0.3) is 33.7 Å². The Kier molecular flexibility index (Phi) is 11.7. The largest absolute Gasteiger partial charge is 0.453 e. The predicted molar refractivity (Wildman–Crippen MR) is 201 cm³/mol. The average Bonchev–Trinajstić information content (AvgIpc) is 4.02. The van der Waals surface area contributed by atoms with E-state index in [1.54, 1.807) is 22.2 Å². The van der Waals surface area contributed by atoms with E-state index in [0.29, 0.717) is 30.6 Å². The lowest BCUT2D eigenvalue weighted by atomic mass is 10.0. The fourth-order valence-corrected chi connectivity index (χ4v) is 7.26. The van der Waals surface area contributed by atoms with E-state index in [1.807, 2.05) is 64.1 Å². The second-order valence-corrected chi connectivity index (χ2v) is 14.5. The summed E-state index contributed by atoms with van der Waals surface area (Å²) in [5.74, 6) is 1.24. The third-order valence-corrected chi connectivity index (χ3v) is 10.3. The number of aromatic amines is 1. The Morgan fingerprint density at radius 2 is 1.19 bits per heavy atom. The Bertz CT molecular complexity index is 1800. The SMILES string of the molecule is COC(=O)N[C@H](C(=O)N1CCCC1c1ncc(-c2ccc(-c3ccc(-c4cnc(C5CCCN5C(=O)[C@@H](NC(=O)OC)C(C)C)o4)cc3)cc2)[nH]1)C(C)C. The Balaban J connectivity index is 1.11. The highest BCUT2D eigenvalue weighted by Gasteiger charge is 2.39. The zero-order valence-electron chi connectivity index (χ0n) is 31.6. The fraction of sp³-hybridized carbons (Fsp3) is 0.450. The third kappa shape index (κ3) is 8.12. The van der Waals surface area contributed by atoms with Crippen molar-refractivity contribution in [3.63, 3.8) is 0 Å². The summed E-state index contributed by atoms with van der Waals surface area (Å²) in [7, 11) is 2.56. The molecule has 286 valence electrons. The van der Waals surface area contributed by atoms with Crippen LogP contribution in [-0.2, 0) is 19.1 Å². The molecule has 6 rings (SSSR count). The van der Waals surface area contributed by atoms with Gasteiger partial charge in [-0.3, -0.25) is 9.59 Å². The summed E-state index contributed by atoms with van der Waals surface area (Å²) >= 11 is 0. The van der Waals surface area contributed by atoms with Crippen LogP contribution in [0.15, 0.2) is 65.3 Å². The molecular weight excluding hydrogens is 690 g/mol. The van der Waals surface area contributed by atoms with Crippen LogP contribution in [0.3, 0.4) is 0 Å². The number of amides is 4. The van der Waals surface area contributed by atoms with E-state index in [2.05, 4.69) is 37.7 Å². The predicted octanol–water partition coefficient (Wildman–Crippen LogP) is 6.49. The molecule has 3 N–H and O–H groups in total. The van der Waals surface area contributed by atoms with E-state index < -0.39 is 24.3 Å². The van der Waals surface area contributed by atoms with Gasteiger partial charge in [0.2, 0.25) is 17.7 Å². The number of hydrogen-bond acceptors (Lipinski definition) is 9. The van der Waals surface area contributed by atoms with Crippen LogP contribution in [0.5, 0.6) is 0 Å². The minimum atomic E-state index is -0.715. The maximum Gasteiger partial charge on any atom is 0.407 e. The summed E-state index contributed by atoms with van der Waals surface area (Å²) in [4.78, 5) is 67.0. The standard InChI is InChI=1S/C40H49N7O7/c1-23(2)33(44-39(50)52-5)37(48)46-19-7-9-30(46)35-41-21-29(43-35)27-15-11-25(12-16-27)26-13-17-28(18-14-26)32-22-42-36(54-32)31-10-8-20-47(31)38(49)34(24(3)4)45-40(51)53-6/h11-18,21-24,30-31,33-34H,7-10,19-20H2,1-6H3,(H,41,43)(H,44,50)(H,45,51)/t30?,31?,33-,34-/m0/s1. The lowest BCUT2D eigenvalue weighted by Gasteiger charge is -2.30. The number of rotatable bonds is 11. The van der Waals surface area contributed by atoms with Crippen LogP contribution in [0.4, 0.5) is 9.59 Å². The number of ether oxygens (including phenoxy) is 2. The maximum atomic E-state index is 13.5. The van der Waals surface area contributed by atoms with Gasteiger partial charge in [0.25, 0.3) is 0 Å². The number of aromatic nitrogens is 3. The molecule has 0 spiro atoms. The van der Waals surface area contributed by atoms with E-state index in [1.165, 1.54) is 14.2 Å². The molecule has 14 heteroatoms. The second kappa shape index (κ2) is 16.6. The van der Waals surface area contributed by atoms with Gasteiger partial charge in [0, 0.05) is 18.7 Å². The molecule has 2 aliphatic rings. The van der Waals surface area contributed by atoms with Crippen LogP contribution in [0.1, 0.15) is 77.2 Å². The van der Waals surface area contributed by atoms with Crippen molar-refractivity contribution in [2.75, 3.05) is 27.3 Å². The number of alkyl carbamates (subject to hydrolysis) is 2.